The summed E-state index contributed by atoms with van der Waals surface area (Å²) in [6.07, 6.45) is 8.35. The molecule has 19 heteroatoms. The number of carbonyl (C=O) groups excluding carboxylic acids is 6. The van der Waals surface area contributed by atoms with Gasteiger partial charge in [-0.3, -0.25) is 33.7 Å². The maximum absolute atomic E-state index is 13.0. The zero-order valence-corrected chi connectivity index (χ0v) is 41.2. The first-order valence-corrected chi connectivity index (χ1v) is 24.7. The Bertz CT molecular complexity index is 1590. The van der Waals surface area contributed by atoms with Crippen LogP contribution in [0.15, 0.2) is 24.3 Å². The normalized spacial score (nSPS) is 16.6. The molecular weight excluding hydrogens is 883 g/mol. The Labute approximate surface area is 403 Å². The minimum atomic E-state index is -0.803. The molecule has 1 aromatic rings. The third-order valence-corrected chi connectivity index (χ3v) is 11.5. The maximum Gasteiger partial charge on any atom is 0.246 e. The molecule has 4 N–H and O–H groups in total. The summed E-state index contributed by atoms with van der Waals surface area (Å²) >= 11 is 0. The molecule has 6 amide bonds. The standard InChI is InChI=1S/C49H81N5O14/c1-37(2)46(48(59)51-39(4)47(58)52-41-14-12-38(3)13-15-41)53-44(56)17-20-61-22-24-63-26-28-65-30-32-67-34-35-68-33-31-66-29-27-64-25-23-62-21-18-50-43(55)16-19-54-45(57)36-42(49(54)60)40-10-8-6-5-7-9-11-40/h12-15,37,39-40,42,46H,5-11,16-36H2,1-4H3,(H,50,55)(H,51,59)(H,52,58)(H,53,56)/t39-,42?,46-/m0/s1. The van der Waals surface area contributed by atoms with Crippen LogP contribution in [0.5, 0.6) is 0 Å². The Balaban J connectivity index is 1.01. The Morgan fingerprint density at radius 2 is 1.06 bits per heavy atom. The van der Waals surface area contributed by atoms with E-state index < -0.39 is 18.0 Å². The van der Waals surface area contributed by atoms with Crippen molar-refractivity contribution in [3.05, 3.63) is 29.8 Å². The Kier molecular flexibility index (Phi) is 30.8. The highest BCUT2D eigenvalue weighted by Crippen LogP contribution is 2.35. The van der Waals surface area contributed by atoms with Gasteiger partial charge in [0.05, 0.1) is 112 Å². The van der Waals surface area contributed by atoms with Crippen molar-refractivity contribution in [1.82, 2.24) is 20.9 Å². The number of hydrogen-bond donors (Lipinski definition) is 4. The number of benzene rings is 1. The van der Waals surface area contributed by atoms with Gasteiger partial charge in [-0.1, -0.05) is 63.6 Å². The Morgan fingerprint density at radius 3 is 1.56 bits per heavy atom. The monoisotopic (exact) mass is 964 g/mol. The van der Waals surface area contributed by atoms with Crippen molar-refractivity contribution in [2.45, 2.75) is 104 Å². The molecule has 0 aromatic heterocycles. The average molecular weight is 964 g/mol. The fraction of sp³-hybridized carbons (Fsp3) is 0.755. The molecule has 68 heavy (non-hydrogen) atoms. The SMILES string of the molecule is Cc1ccc(NC(=O)[C@H](C)NC(=O)[C@@H](NC(=O)CCOCCOCCOCCOCCOCCOCCOCCOCCNC(=O)CCN2C(=O)CC(C3CCCCCCC3)C2=O)C(C)C)cc1. The van der Waals surface area contributed by atoms with E-state index in [-0.39, 0.29) is 79.7 Å². The summed E-state index contributed by atoms with van der Waals surface area (Å²) < 4.78 is 44.0. The predicted octanol–water partition coefficient (Wildman–Crippen LogP) is 3.34. The molecule has 0 spiro atoms. The lowest BCUT2D eigenvalue weighted by atomic mass is 9.81. The van der Waals surface area contributed by atoms with Crippen molar-refractivity contribution in [3.8, 4) is 0 Å². The van der Waals surface area contributed by atoms with Gasteiger partial charge >= 0.3 is 0 Å². The second-order valence-electron chi connectivity index (χ2n) is 17.4. The van der Waals surface area contributed by atoms with Gasteiger partial charge in [-0.05, 0) is 50.7 Å². The maximum atomic E-state index is 13.0. The fourth-order valence-corrected chi connectivity index (χ4v) is 7.61. The van der Waals surface area contributed by atoms with Crippen LogP contribution in [0.3, 0.4) is 0 Å². The molecule has 386 valence electrons. The smallest absolute Gasteiger partial charge is 0.246 e. The molecule has 2 fully saturated rings. The van der Waals surface area contributed by atoms with Crippen LogP contribution in [0.1, 0.15) is 90.5 Å². The minimum absolute atomic E-state index is 0.0723. The van der Waals surface area contributed by atoms with E-state index in [1.807, 2.05) is 32.9 Å². The Morgan fingerprint density at radius 1 is 0.588 bits per heavy atom. The van der Waals surface area contributed by atoms with Crippen LogP contribution in [-0.4, -0.2) is 171 Å². The van der Waals surface area contributed by atoms with E-state index in [1.165, 1.54) is 24.2 Å². The minimum Gasteiger partial charge on any atom is -0.379 e. The number of aryl methyl sites for hydroxylation is 1. The number of imide groups is 1. The summed E-state index contributed by atoms with van der Waals surface area (Å²) in [5.41, 5.74) is 1.70. The molecule has 1 heterocycles. The molecule has 0 radical (unpaired) electrons. The lowest BCUT2D eigenvalue weighted by Crippen LogP contribution is -2.53. The summed E-state index contributed by atoms with van der Waals surface area (Å²) in [5, 5.41) is 11.0. The van der Waals surface area contributed by atoms with Crippen molar-refractivity contribution < 1.29 is 66.7 Å². The van der Waals surface area contributed by atoms with Crippen molar-refractivity contribution in [1.29, 1.82) is 0 Å². The highest BCUT2D eigenvalue weighted by Gasteiger charge is 2.42. The van der Waals surface area contributed by atoms with Crippen LogP contribution >= 0.6 is 0 Å². The molecule has 1 aromatic carbocycles. The molecule has 1 aliphatic heterocycles. The number of nitrogens with zero attached hydrogens (tertiary/aromatic N) is 1. The first kappa shape index (κ1) is 58.2. The molecule has 1 unspecified atom stereocenters. The van der Waals surface area contributed by atoms with Crippen LogP contribution in [0.2, 0.25) is 0 Å². The highest BCUT2D eigenvalue weighted by atomic mass is 16.6. The predicted molar refractivity (Wildman–Crippen MR) is 254 cm³/mol. The van der Waals surface area contributed by atoms with E-state index in [1.54, 1.807) is 19.1 Å². The number of hydrogen-bond acceptors (Lipinski definition) is 14. The Hall–Kier alpha value is -4.08. The molecule has 2 aliphatic rings. The summed E-state index contributed by atoms with van der Waals surface area (Å²) in [7, 11) is 0. The largest absolute Gasteiger partial charge is 0.379 e. The quantitative estimate of drug-likeness (QED) is 0.0555. The number of anilines is 1. The molecule has 3 rings (SSSR count). The van der Waals surface area contributed by atoms with Crippen LogP contribution in [0.25, 0.3) is 0 Å². The summed E-state index contributed by atoms with van der Waals surface area (Å²) in [6.45, 7) is 13.8. The number of likely N-dealkylation sites (tertiary alicyclic amines) is 1. The second kappa shape index (κ2) is 35.9. The van der Waals surface area contributed by atoms with Gasteiger partial charge in [0.25, 0.3) is 0 Å². The molecule has 1 saturated carbocycles. The zero-order chi connectivity index (χ0) is 49.2. The number of ether oxygens (including phenoxy) is 8. The van der Waals surface area contributed by atoms with Gasteiger partial charge in [-0.2, -0.15) is 0 Å². The third-order valence-electron chi connectivity index (χ3n) is 11.5. The van der Waals surface area contributed by atoms with Crippen molar-refractivity contribution in [2.24, 2.45) is 17.8 Å². The third kappa shape index (κ3) is 25.5. The van der Waals surface area contributed by atoms with Gasteiger partial charge in [0.15, 0.2) is 0 Å². The summed E-state index contributed by atoms with van der Waals surface area (Å²) in [6, 6.07) is 5.75. The lowest BCUT2D eigenvalue weighted by Gasteiger charge is -2.24. The summed E-state index contributed by atoms with van der Waals surface area (Å²) in [4.78, 5) is 77.1. The molecule has 0 bridgehead atoms. The number of carbonyl (C=O) groups is 6. The average Bonchev–Trinajstić information content (AvgIpc) is 3.58. The van der Waals surface area contributed by atoms with Gasteiger partial charge in [-0.15, -0.1) is 0 Å². The van der Waals surface area contributed by atoms with Crippen molar-refractivity contribution in [3.63, 3.8) is 0 Å². The molecule has 1 aliphatic carbocycles. The molecule has 19 nitrogen and oxygen atoms in total. The van der Waals surface area contributed by atoms with Crippen LogP contribution in [0.4, 0.5) is 5.69 Å². The first-order valence-electron chi connectivity index (χ1n) is 24.7. The number of rotatable bonds is 37. The van der Waals surface area contributed by atoms with Crippen molar-refractivity contribution in [2.75, 3.05) is 124 Å². The van der Waals surface area contributed by atoms with E-state index in [4.69, 9.17) is 37.9 Å². The molecule has 1 saturated heterocycles. The molecular formula is C49H81N5O14. The lowest BCUT2D eigenvalue weighted by molar-refractivity contribution is -0.140. The van der Waals surface area contributed by atoms with Gasteiger partial charge in [0.1, 0.15) is 12.1 Å². The van der Waals surface area contributed by atoms with Crippen LogP contribution < -0.4 is 21.3 Å². The van der Waals surface area contributed by atoms with Crippen LogP contribution in [0, 0.1) is 24.7 Å². The van der Waals surface area contributed by atoms with Gasteiger partial charge in [-0.25, -0.2) is 0 Å². The van der Waals surface area contributed by atoms with E-state index in [0.717, 1.165) is 31.2 Å². The fourth-order valence-electron chi connectivity index (χ4n) is 7.61. The summed E-state index contributed by atoms with van der Waals surface area (Å²) in [5.74, 6) is -1.73. The first-order chi connectivity index (χ1) is 33.0. The van der Waals surface area contributed by atoms with E-state index in [9.17, 15) is 28.8 Å². The second-order valence-corrected chi connectivity index (χ2v) is 17.4. The molecule has 3 atom stereocenters. The highest BCUT2D eigenvalue weighted by molar-refractivity contribution is 6.04. The van der Waals surface area contributed by atoms with E-state index >= 15 is 0 Å². The zero-order valence-electron chi connectivity index (χ0n) is 41.2. The van der Waals surface area contributed by atoms with E-state index in [0.29, 0.717) is 111 Å². The number of nitrogens with one attached hydrogen (secondary N) is 4. The van der Waals surface area contributed by atoms with Gasteiger partial charge in [0.2, 0.25) is 35.4 Å². The number of amides is 6. The van der Waals surface area contributed by atoms with Gasteiger partial charge < -0.3 is 59.2 Å². The topological polar surface area (TPSA) is 228 Å². The van der Waals surface area contributed by atoms with E-state index in [2.05, 4.69) is 21.3 Å². The van der Waals surface area contributed by atoms with Crippen LogP contribution in [-0.2, 0) is 66.7 Å². The van der Waals surface area contributed by atoms with Gasteiger partial charge in [0, 0.05) is 38.0 Å². The van der Waals surface area contributed by atoms with Crippen molar-refractivity contribution >= 4 is 41.1 Å².